The van der Waals surface area contributed by atoms with Crippen molar-refractivity contribution in [2.45, 2.75) is 53.3 Å². The van der Waals surface area contributed by atoms with Gasteiger partial charge in [-0.3, -0.25) is 4.79 Å². The van der Waals surface area contributed by atoms with E-state index in [1.54, 1.807) is 12.1 Å². The van der Waals surface area contributed by atoms with Gasteiger partial charge in [0.15, 0.2) is 11.7 Å². The molecule has 0 aliphatic carbocycles. The maximum atomic E-state index is 11.1. The van der Waals surface area contributed by atoms with E-state index >= 15 is 0 Å². The Morgan fingerprint density at radius 1 is 1.24 bits per heavy atom. The fourth-order valence-electron chi connectivity index (χ4n) is 2.48. The van der Waals surface area contributed by atoms with Crippen LogP contribution in [0, 0.1) is 6.92 Å². The molecule has 29 heavy (non-hydrogen) atoms. The van der Waals surface area contributed by atoms with E-state index in [0.717, 1.165) is 29.8 Å². The standard InChI is InChI=1S/C21H30N4O3.HI/c1-5-15(4)27-19-11-14(3)7-8-16(19)12-24-21(23-6-2)25-13-17-9-10-18(28-17)20(22)26;/h7-11,15H,5-6,12-13H2,1-4H3,(H2,22,26)(H2,23,24,25);1H. The molecule has 0 bridgehead atoms. The van der Waals surface area contributed by atoms with Crippen LogP contribution >= 0.6 is 24.0 Å². The van der Waals surface area contributed by atoms with Gasteiger partial charge >= 0.3 is 0 Å². The predicted octanol–water partition coefficient (Wildman–Crippen LogP) is 3.74. The van der Waals surface area contributed by atoms with Gasteiger partial charge in [0, 0.05) is 12.1 Å². The molecule has 7 nitrogen and oxygen atoms in total. The molecule has 0 spiro atoms. The predicted molar refractivity (Wildman–Crippen MR) is 126 cm³/mol. The number of amides is 1. The van der Waals surface area contributed by atoms with Crippen LogP contribution < -0.4 is 21.1 Å². The Morgan fingerprint density at radius 2 is 2.00 bits per heavy atom. The number of primary amides is 1. The quantitative estimate of drug-likeness (QED) is 0.269. The lowest BCUT2D eigenvalue weighted by Gasteiger charge is -2.17. The highest BCUT2D eigenvalue weighted by Crippen LogP contribution is 2.23. The number of aryl methyl sites for hydroxylation is 1. The number of guanidine groups is 1. The van der Waals surface area contributed by atoms with Gasteiger partial charge in [0.1, 0.15) is 11.5 Å². The van der Waals surface area contributed by atoms with E-state index in [2.05, 4.69) is 35.5 Å². The van der Waals surface area contributed by atoms with E-state index in [0.29, 0.717) is 24.8 Å². The van der Waals surface area contributed by atoms with Gasteiger partial charge in [0.05, 0.1) is 19.2 Å². The van der Waals surface area contributed by atoms with E-state index in [9.17, 15) is 4.79 Å². The average molecular weight is 514 g/mol. The van der Waals surface area contributed by atoms with Crippen molar-refractivity contribution in [3.05, 3.63) is 53.0 Å². The molecular formula is C21H31IN4O3. The highest BCUT2D eigenvalue weighted by molar-refractivity contribution is 14.0. The van der Waals surface area contributed by atoms with Crippen LogP contribution in [-0.4, -0.2) is 24.5 Å². The number of rotatable bonds is 9. The van der Waals surface area contributed by atoms with Crippen molar-refractivity contribution in [3.63, 3.8) is 0 Å². The van der Waals surface area contributed by atoms with Gasteiger partial charge in [-0.05, 0) is 51.0 Å². The molecule has 1 amide bonds. The number of nitrogens with two attached hydrogens (primary N) is 1. The summed E-state index contributed by atoms with van der Waals surface area (Å²) in [6.45, 7) is 9.80. The molecule has 0 aliphatic rings. The zero-order valence-electron chi connectivity index (χ0n) is 17.5. The van der Waals surface area contributed by atoms with Crippen molar-refractivity contribution in [1.82, 2.24) is 10.6 Å². The molecule has 0 saturated heterocycles. The minimum absolute atomic E-state index is 0. The second-order valence-corrected chi connectivity index (χ2v) is 6.63. The minimum atomic E-state index is -0.583. The first-order valence-electron chi connectivity index (χ1n) is 9.59. The second-order valence-electron chi connectivity index (χ2n) is 6.63. The number of hydrogen-bond acceptors (Lipinski definition) is 4. The molecule has 1 unspecified atom stereocenters. The Labute approximate surface area is 189 Å². The monoisotopic (exact) mass is 514 g/mol. The van der Waals surface area contributed by atoms with E-state index in [4.69, 9.17) is 14.9 Å². The molecule has 2 aromatic rings. The maximum absolute atomic E-state index is 11.1. The molecule has 160 valence electrons. The maximum Gasteiger partial charge on any atom is 0.284 e. The number of halogens is 1. The summed E-state index contributed by atoms with van der Waals surface area (Å²) in [5.74, 6) is 1.68. The molecule has 0 fully saturated rings. The summed E-state index contributed by atoms with van der Waals surface area (Å²) >= 11 is 0. The Morgan fingerprint density at radius 3 is 2.62 bits per heavy atom. The van der Waals surface area contributed by atoms with E-state index in [-0.39, 0.29) is 35.8 Å². The number of benzene rings is 1. The van der Waals surface area contributed by atoms with Gasteiger partial charge in [-0.1, -0.05) is 19.1 Å². The van der Waals surface area contributed by atoms with Crippen LogP contribution in [0.15, 0.2) is 39.7 Å². The third-order valence-electron chi connectivity index (χ3n) is 4.21. The Balaban J connectivity index is 0.00000420. The van der Waals surface area contributed by atoms with Crippen LogP contribution in [0.4, 0.5) is 0 Å². The van der Waals surface area contributed by atoms with Crippen molar-refractivity contribution in [2.75, 3.05) is 6.54 Å². The largest absolute Gasteiger partial charge is 0.490 e. The molecule has 0 aliphatic heterocycles. The average Bonchev–Trinajstić information content (AvgIpc) is 3.14. The van der Waals surface area contributed by atoms with Crippen LogP contribution in [0.1, 0.15) is 54.6 Å². The number of furan rings is 1. The van der Waals surface area contributed by atoms with Crippen molar-refractivity contribution in [1.29, 1.82) is 0 Å². The van der Waals surface area contributed by atoms with Crippen LogP contribution in [0.5, 0.6) is 5.75 Å². The van der Waals surface area contributed by atoms with Crippen LogP contribution in [-0.2, 0) is 13.1 Å². The van der Waals surface area contributed by atoms with Gasteiger partial charge in [0.25, 0.3) is 5.91 Å². The first-order chi connectivity index (χ1) is 13.4. The number of nitrogens with zero attached hydrogens (tertiary/aromatic N) is 1. The van der Waals surface area contributed by atoms with Crippen LogP contribution in [0.2, 0.25) is 0 Å². The third kappa shape index (κ3) is 7.96. The molecule has 0 saturated carbocycles. The first-order valence-corrected chi connectivity index (χ1v) is 9.59. The molecule has 8 heteroatoms. The fraction of sp³-hybridized carbons (Fsp3) is 0.429. The van der Waals surface area contributed by atoms with Gasteiger partial charge in [-0.2, -0.15) is 0 Å². The Bertz CT molecular complexity index is 820. The van der Waals surface area contributed by atoms with Crippen molar-refractivity contribution >= 4 is 35.8 Å². The van der Waals surface area contributed by atoms with Crippen molar-refractivity contribution < 1.29 is 13.9 Å². The topological polar surface area (TPSA) is 102 Å². The zero-order valence-corrected chi connectivity index (χ0v) is 19.8. The number of aliphatic imine (C=N–C) groups is 1. The summed E-state index contributed by atoms with van der Waals surface area (Å²) < 4.78 is 11.4. The highest BCUT2D eigenvalue weighted by atomic mass is 127. The lowest BCUT2D eigenvalue weighted by Crippen LogP contribution is -2.36. The van der Waals surface area contributed by atoms with Crippen LogP contribution in [0.25, 0.3) is 0 Å². The molecule has 0 radical (unpaired) electrons. The Hall–Kier alpha value is -2.23. The normalized spacial score (nSPS) is 12.1. The summed E-state index contributed by atoms with van der Waals surface area (Å²) in [5, 5.41) is 6.39. The Kier molecular flexibility index (Phi) is 10.6. The van der Waals surface area contributed by atoms with E-state index < -0.39 is 5.91 Å². The van der Waals surface area contributed by atoms with Gasteiger partial charge in [-0.15, -0.1) is 24.0 Å². The molecular weight excluding hydrogens is 483 g/mol. The molecule has 2 rings (SSSR count). The fourth-order valence-corrected chi connectivity index (χ4v) is 2.48. The summed E-state index contributed by atoms with van der Waals surface area (Å²) in [5.41, 5.74) is 7.39. The number of carbonyl (C=O) groups is 1. The van der Waals surface area contributed by atoms with E-state index in [1.807, 2.05) is 26.0 Å². The van der Waals surface area contributed by atoms with Gasteiger partial charge in [-0.25, -0.2) is 4.99 Å². The smallest absolute Gasteiger partial charge is 0.284 e. The number of hydrogen-bond donors (Lipinski definition) is 3. The summed E-state index contributed by atoms with van der Waals surface area (Å²) in [4.78, 5) is 15.8. The third-order valence-corrected chi connectivity index (χ3v) is 4.21. The van der Waals surface area contributed by atoms with Crippen LogP contribution in [0.3, 0.4) is 0 Å². The number of carbonyl (C=O) groups excluding carboxylic acids is 1. The summed E-state index contributed by atoms with van der Waals surface area (Å²) in [6, 6.07) is 9.43. The molecule has 1 atom stereocenters. The highest BCUT2D eigenvalue weighted by Gasteiger charge is 2.10. The second kappa shape index (κ2) is 12.4. The lowest BCUT2D eigenvalue weighted by molar-refractivity contribution is 0.0972. The summed E-state index contributed by atoms with van der Waals surface area (Å²) in [6.07, 6.45) is 1.09. The first kappa shape index (κ1) is 24.8. The van der Waals surface area contributed by atoms with Gasteiger partial charge < -0.3 is 25.5 Å². The molecule has 1 aromatic carbocycles. The number of nitrogens with one attached hydrogen (secondary N) is 2. The SMILES string of the molecule is CCNC(=NCc1ccc(C)cc1OC(C)CC)NCc1ccc(C(N)=O)o1.I. The molecule has 4 N–H and O–H groups in total. The lowest BCUT2D eigenvalue weighted by atomic mass is 10.1. The minimum Gasteiger partial charge on any atom is -0.490 e. The van der Waals surface area contributed by atoms with Gasteiger partial charge in [0.2, 0.25) is 0 Å². The van der Waals surface area contributed by atoms with Crippen molar-refractivity contribution in [3.8, 4) is 5.75 Å². The van der Waals surface area contributed by atoms with Crippen molar-refractivity contribution in [2.24, 2.45) is 10.7 Å². The number of ether oxygens (including phenoxy) is 1. The van der Waals surface area contributed by atoms with E-state index in [1.165, 1.54) is 0 Å². The summed E-state index contributed by atoms with van der Waals surface area (Å²) in [7, 11) is 0. The molecule has 1 aromatic heterocycles. The molecule has 1 heterocycles. The zero-order chi connectivity index (χ0) is 20.5.